The smallest absolute Gasteiger partial charge is 0.338 e. The lowest BCUT2D eigenvalue weighted by Crippen LogP contribution is -2.43. The number of amides is 2. The fourth-order valence-electron chi connectivity index (χ4n) is 1.77. The van der Waals surface area contributed by atoms with Gasteiger partial charge in [0.1, 0.15) is 0 Å². The molecule has 26 heavy (non-hydrogen) atoms. The third-order valence-electron chi connectivity index (χ3n) is 3.07. The Labute approximate surface area is 155 Å². The van der Waals surface area contributed by atoms with E-state index in [2.05, 4.69) is 26.8 Å². The molecule has 0 spiro atoms. The number of carbonyl (C=O) groups is 3. The minimum absolute atomic E-state index is 0.114. The molecule has 134 valence electrons. The monoisotopic (exact) mass is 421 g/mol. The number of carbonyl (C=O) groups excluding carboxylic acids is 3. The van der Waals surface area contributed by atoms with E-state index in [9.17, 15) is 24.5 Å². The van der Waals surface area contributed by atoms with E-state index in [0.717, 1.165) is 16.6 Å². The van der Waals surface area contributed by atoms with Gasteiger partial charge in [-0.25, -0.2) is 4.79 Å². The average molecular weight is 422 g/mol. The topological polar surface area (TPSA) is 128 Å². The van der Waals surface area contributed by atoms with Crippen molar-refractivity contribution in [2.45, 2.75) is 0 Å². The second-order valence-corrected chi connectivity index (χ2v) is 5.80. The Hall–Kier alpha value is -3.27. The van der Waals surface area contributed by atoms with Crippen LogP contribution in [-0.2, 0) is 9.53 Å². The van der Waals surface area contributed by atoms with Crippen molar-refractivity contribution in [3.05, 3.63) is 74.2 Å². The Morgan fingerprint density at radius 3 is 2.12 bits per heavy atom. The molecule has 2 N–H and O–H groups in total. The fraction of sp³-hybridized carbons (Fsp3) is 0.0625. The third-order valence-corrected chi connectivity index (χ3v) is 3.60. The molecule has 2 rings (SSSR count). The van der Waals surface area contributed by atoms with E-state index in [-0.39, 0.29) is 16.8 Å². The minimum atomic E-state index is -0.745. The molecule has 0 fully saturated rings. The summed E-state index contributed by atoms with van der Waals surface area (Å²) in [5, 5.41) is 10.5. The first-order valence-electron chi connectivity index (χ1n) is 7.13. The van der Waals surface area contributed by atoms with Gasteiger partial charge in [0.2, 0.25) is 0 Å². The minimum Gasteiger partial charge on any atom is -0.452 e. The lowest BCUT2D eigenvalue weighted by molar-refractivity contribution is -0.384. The molecule has 10 heteroatoms. The van der Waals surface area contributed by atoms with Crippen molar-refractivity contribution in [3.63, 3.8) is 0 Å². The number of nitrogens with zero attached hydrogens (tertiary/aromatic N) is 1. The number of non-ortho nitro benzene ring substituents is 1. The molecular formula is C16H12BrN3O6. The Kier molecular flexibility index (Phi) is 6.39. The van der Waals surface area contributed by atoms with Gasteiger partial charge in [0, 0.05) is 22.2 Å². The maximum absolute atomic E-state index is 11.8. The molecule has 2 aromatic rings. The normalized spacial score (nSPS) is 9.88. The van der Waals surface area contributed by atoms with Crippen molar-refractivity contribution < 1.29 is 24.0 Å². The molecule has 0 aliphatic rings. The highest BCUT2D eigenvalue weighted by Gasteiger charge is 2.12. The Balaban J connectivity index is 1.79. The van der Waals surface area contributed by atoms with Crippen LogP contribution in [0.1, 0.15) is 20.7 Å². The van der Waals surface area contributed by atoms with Crippen molar-refractivity contribution in [2.24, 2.45) is 0 Å². The predicted molar refractivity (Wildman–Crippen MR) is 93.1 cm³/mol. The van der Waals surface area contributed by atoms with Gasteiger partial charge in [-0.2, -0.15) is 0 Å². The fourth-order valence-corrected chi connectivity index (χ4v) is 2.03. The third kappa shape index (κ3) is 5.38. The Morgan fingerprint density at radius 2 is 1.54 bits per heavy atom. The summed E-state index contributed by atoms with van der Waals surface area (Å²) in [6, 6.07) is 11.2. The molecule has 2 amide bonds. The summed E-state index contributed by atoms with van der Waals surface area (Å²) in [6.07, 6.45) is 0. The number of hydrogen-bond donors (Lipinski definition) is 2. The first kappa shape index (κ1) is 19.1. The average Bonchev–Trinajstić information content (AvgIpc) is 2.64. The molecular weight excluding hydrogens is 410 g/mol. The number of hydrazine groups is 1. The lowest BCUT2D eigenvalue weighted by atomic mass is 10.2. The summed E-state index contributed by atoms with van der Waals surface area (Å²) < 4.78 is 5.61. The second kappa shape index (κ2) is 8.72. The van der Waals surface area contributed by atoms with Gasteiger partial charge in [-0.3, -0.25) is 30.6 Å². The lowest BCUT2D eigenvalue weighted by Gasteiger charge is -2.08. The molecule has 0 unspecified atom stereocenters. The van der Waals surface area contributed by atoms with Gasteiger partial charge in [0.05, 0.1) is 10.5 Å². The number of ether oxygens (including phenoxy) is 1. The van der Waals surface area contributed by atoms with Gasteiger partial charge < -0.3 is 4.74 Å². The number of nitrogens with one attached hydrogen (secondary N) is 2. The molecule has 0 radical (unpaired) electrons. The summed E-state index contributed by atoms with van der Waals surface area (Å²) in [5.41, 5.74) is 4.42. The number of rotatable bonds is 5. The summed E-state index contributed by atoms with van der Waals surface area (Å²) >= 11 is 3.23. The maximum Gasteiger partial charge on any atom is 0.338 e. The highest BCUT2D eigenvalue weighted by molar-refractivity contribution is 9.10. The van der Waals surface area contributed by atoms with Gasteiger partial charge in [-0.05, 0) is 36.4 Å². The van der Waals surface area contributed by atoms with Crippen molar-refractivity contribution in [3.8, 4) is 0 Å². The molecule has 0 bridgehead atoms. The molecule has 0 aliphatic heterocycles. The van der Waals surface area contributed by atoms with E-state index < -0.39 is 29.3 Å². The molecule has 9 nitrogen and oxygen atoms in total. The van der Waals surface area contributed by atoms with Crippen LogP contribution in [0, 0.1) is 10.1 Å². The maximum atomic E-state index is 11.8. The van der Waals surface area contributed by atoms with E-state index in [1.165, 1.54) is 24.3 Å². The zero-order chi connectivity index (χ0) is 19.1. The SMILES string of the molecule is O=C(COC(=O)c1ccc(Br)cc1)NNC(=O)c1ccc([N+](=O)[O-])cc1. The summed E-state index contributed by atoms with van der Waals surface area (Å²) in [4.78, 5) is 45.1. The van der Waals surface area contributed by atoms with Crippen molar-refractivity contribution in [2.75, 3.05) is 6.61 Å². The van der Waals surface area contributed by atoms with Crippen LogP contribution < -0.4 is 10.9 Å². The predicted octanol–water partition coefficient (Wildman–Crippen LogP) is 1.98. The molecule has 0 atom stereocenters. The second-order valence-electron chi connectivity index (χ2n) is 4.89. The van der Waals surface area contributed by atoms with Crippen LogP contribution in [-0.4, -0.2) is 29.3 Å². The zero-order valence-electron chi connectivity index (χ0n) is 13.1. The van der Waals surface area contributed by atoms with Crippen molar-refractivity contribution in [1.82, 2.24) is 10.9 Å². The number of esters is 1. The zero-order valence-corrected chi connectivity index (χ0v) is 14.7. The van der Waals surface area contributed by atoms with Gasteiger partial charge in [0.25, 0.3) is 17.5 Å². The van der Waals surface area contributed by atoms with Crippen LogP contribution in [0.15, 0.2) is 53.0 Å². The number of halogens is 1. The molecule has 0 saturated carbocycles. The van der Waals surface area contributed by atoms with E-state index in [1.54, 1.807) is 12.1 Å². The van der Waals surface area contributed by atoms with Gasteiger partial charge in [-0.15, -0.1) is 0 Å². The first-order valence-corrected chi connectivity index (χ1v) is 7.92. The number of nitro groups is 1. The Morgan fingerprint density at radius 1 is 0.962 bits per heavy atom. The summed E-state index contributed by atoms with van der Waals surface area (Å²) in [7, 11) is 0. The van der Waals surface area contributed by atoms with Crippen LogP contribution in [0.3, 0.4) is 0 Å². The van der Waals surface area contributed by atoms with Crippen LogP contribution in [0.5, 0.6) is 0 Å². The largest absolute Gasteiger partial charge is 0.452 e. The molecule has 2 aromatic carbocycles. The van der Waals surface area contributed by atoms with Crippen LogP contribution >= 0.6 is 15.9 Å². The van der Waals surface area contributed by atoms with Crippen LogP contribution in [0.2, 0.25) is 0 Å². The van der Waals surface area contributed by atoms with Crippen molar-refractivity contribution in [1.29, 1.82) is 0 Å². The standard InChI is InChI=1S/C16H12BrN3O6/c17-12-5-1-11(2-6-12)16(23)26-9-14(21)18-19-15(22)10-3-7-13(8-4-10)20(24)25/h1-8H,9H2,(H,18,21)(H,19,22). The molecule has 0 heterocycles. The van der Waals surface area contributed by atoms with Gasteiger partial charge in [0.15, 0.2) is 6.61 Å². The van der Waals surface area contributed by atoms with E-state index >= 15 is 0 Å². The van der Waals surface area contributed by atoms with Gasteiger partial charge in [-0.1, -0.05) is 15.9 Å². The van der Waals surface area contributed by atoms with Crippen LogP contribution in [0.4, 0.5) is 5.69 Å². The molecule has 0 saturated heterocycles. The van der Waals surface area contributed by atoms with E-state index in [0.29, 0.717) is 0 Å². The number of nitro benzene ring substituents is 1. The number of hydrogen-bond acceptors (Lipinski definition) is 6. The molecule has 0 aliphatic carbocycles. The van der Waals surface area contributed by atoms with E-state index in [4.69, 9.17) is 4.74 Å². The van der Waals surface area contributed by atoms with Crippen molar-refractivity contribution >= 4 is 39.4 Å². The number of benzene rings is 2. The highest BCUT2D eigenvalue weighted by atomic mass is 79.9. The Bertz CT molecular complexity index is 836. The highest BCUT2D eigenvalue weighted by Crippen LogP contribution is 2.12. The summed E-state index contributed by atoms with van der Waals surface area (Å²) in [5.74, 6) is -2.10. The first-order chi connectivity index (χ1) is 12.4. The summed E-state index contributed by atoms with van der Waals surface area (Å²) in [6.45, 7) is -0.588. The van der Waals surface area contributed by atoms with Gasteiger partial charge >= 0.3 is 5.97 Å². The quantitative estimate of drug-likeness (QED) is 0.431. The van der Waals surface area contributed by atoms with Crippen LogP contribution in [0.25, 0.3) is 0 Å². The van der Waals surface area contributed by atoms with E-state index in [1.807, 2.05) is 0 Å². The molecule has 0 aromatic heterocycles.